The van der Waals surface area contributed by atoms with E-state index in [2.05, 4.69) is 60.0 Å². The van der Waals surface area contributed by atoms with E-state index in [0.717, 1.165) is 61.6 Å². The molecule has 1 atom stereocenters. The molecule has 0 N–H and O–H groups in total. The summed E-state index contributed by atoms with van der Waals surface area (Å²) >= 11 is 0. The van der Waals surface area contributed by atoms with Gasteiger partial charge >= 0.3 is 0 Å². The number of nitriles is 2. The van der Waals surface area contributed by atoms with E-state index in [1.807, 2.05) is 54.6 Å². The first kappa shape index (κ1) is 21.2. The molecule has 0 radical (unpaired) electrons. The van der Waals surface area contributed by atoms with Gasteiger partial charge in [-0.3, -0.25) is 0 Å². The summed E-state index contributed by atoms with van der Waals surface area (Å²) in [5.74, 6) is 0.373. The second-order valence-corrected chi connectivity index (χ2v) is 9.70. The van der Waals surface area contributed by atoms with E-state index in [1.165, 1.54) is 5.69 Å². The predicted octanol–water partition coefficient (Wildman–Crippen LogP) is 8.15. The molecule has 174 valence electrons. The number of rotatable bonds is 2. The molecule has 0 aliphatic heterocycles. The maximum Gasteiger partial charge on any atom is 0.135 e. The Morgan fingerprint density at radius 2 is 1.70 bits per heavy atom. The lowest BCUT2D eigenvalue weighted by molar-refractivity contribution is 0.669. The van der Waals surface area contributed by atoms with Crippen molar-refractivity contribution in [1.82, 2.24) is 4.57 Å². The number of hydrogen-bond acceptors (Lipinski definition) is 3. The fourth-order valence-corrected chi connectivity index (χ4v) is 5.71. The third-order valence-corrected chi connectivity index (χ3v) is 7.41. The summed E-state index contributed by atoms with van der Waals surface area (Å²) in [5.41, 5.74) is 9.12. The molecule has 0 amide bonds. The van der Waals surface area contributed by atoms with Gasteiger partial charge in [0.15, 0.2) is 0 Å². The number of furan rings is 1. The lowest BCUT2D eigenvalue weighted by Crippen LogP contribution is -2.10. The average Bonchev–Trinajstić information content (AvgIpc) is 3.46. The van der Waals surface area contributed by atoms with Crippen molar-refractivity contribution in [3.63, 3.8) is 0 Å². The summed E-state index contributed by atoms with van der Waals surface area (Å²) in [7, 11) is 0. The SMILES string of the molecule is CC1C=Cc2c(n(-c3c(C#N)cccc3-c3ccc4oc5ccccc5c4c3)c3ccc(C#N)cc23)C1. The Bertz CT molecular complexity index is 2010. The number of benzene rings is 4. The van der Waals surface area contributed by atoms with Gasteiger partial charge in [0, 0.05) is 33.0 Å². The fourth-order valence-electron chi connectivity index (χ4n) is 5.71. The first-order valence-corrected chi connectivity index (χ1v) is 12.4. The van der Waals surface area contributed by atoms with Gasteiger partial charge in [0.05, 0.1) is 28.4 Å². The molecular formula is C33H21N3O. The van der Waals surface area contributed by atoms with Crippen LogP contribution in [0.25, 0.3) is 55.7 Å². The Labute approximate surface area is 213 Å². The highest BCUT2D eigenvalue weighted by atomic mass is 16.3. The molecule has 0 saturated heterocycles. The number of aromatic nitrogens is 1. The number of hydrogen-bond donors (Lipinski definition) is 0. The van der Waals surface area contributed by atoms with Gasteiger partial charge in [0.1, 0.15) is 17.2 Å². The van der Waals surface area contributed by atoms with Gasteiger partial charge in [0.2, 0.25) is 0 Å². The maximum absolute atomic E-state index is 10.2. The Kier molecular flexibility index (Phi) is 4.58. The summed E-state index contributed by atoms with van der Waals surface area (Å²) in [6.07, 6.45) is 5.25. The maximum atomic E-state index is 10.2. The molecule has 1 aliphatic rings. The molecule has 4 heteroatoms. The van der Waals surface area contributed by atoms with Crippen LogP contribution < -0.4 is 0 Å². The quantitative estimate of drug-likeness (QED) is 0.254. The summed E-state index contributed by atoms with van der Waals surface area (Å²) in [6, 6.07) is 30.8. The second kappa shape index (κ2) is 7.98. The second-order valence-electron chi connectivity index (χ2n) is 9.70. The Morgan fingerprint density at radius 3 is 2.57 bits per heavy atom. The molecule has 7 rings (SSSR count). The van der Waals surface area contributed by atoms with Crippen LogP contribution in [-0.2, 0) is 6.42 Å². The van der Waals surface area contributed by atoms with Crippen molar-refractivity contribution < 1.29 is 4.42 Å². The number of para-hydroxylation sites is 2. The van der Waals surface area contributed by atoms with Crippen molar-refractivity contribution >= 4 is 38.9 Å². The van der Waals surface area contributed by atoms with Crippen LogP contribution in [-0.4, -0.2) is 4.57 Å². The van der Waals surface area contributed by atoms with E-state index in [9.17, 15) is 10.5 Å². The van der Waals surface area contributed by atoms with E-state index in [1.54, 1.807) is 0 Å². The fraction of sp³-hybridized carbons (Fsp3) is 0.0909. The van der Waals surface area contributed by atoms with Crippen LogP contribution in [0.3, 0.4) is 0 Å². The molecule has 0 spiro atoms. The Hall–Kier alpha value is -5.06. The monoisotopic (exact) mass is 475 g/mol. The molecule has 0 bridgehead atoms. The van der Waals surface area contributed by atoms with Crippen molar-refractivity contribution in [2.45, 2.75) is 13.3 Å². The van der Waals surface area contributed by atoms with Crippen molar-refractivity contribution in [3.8, 4) is 29.0 Å². The molecule has 6 aromatic rings. The molecule has 4 nitrogen and oxygen atoms in total. The van der Waals surface area contributed by atoms with Crippen LogP contribution >= 0.6 is 0 Å². The van der Waals surface area contributed by atoms with Crippen LogP contribution in [0.15, 0.2) is 89.4 Å². The van der Waals surface area contributed by atoms with Crippen LogP contribution in [0, 0.1) is 28.6 Å². The molecule has 4 aromatic carbocycles. The van der Waals surface area contributed by atoms with Crippen LogP contribution in [0.4, 0.5) is 0 Å². The molecule has 0 fully saturated rings. The van der Waals surface area contributed by atoms with Gasteiger partial charge in [-0.15, -0.1) is 0 Å². The minimum Gasteiger partial charge on any atom is -0.456 e. The summed E-state index contributed by atoms with van der Waals surface area (Å²) in [5, 5.41) is 23.0. The normalized spacial score (nSPS) is 14.6. The molecular weight excluding hydrogens is 454 g/mol. The van der Waals surface area contributed by atoms with Gasteiger partial charge in [-0.25, -0.2) is 0 Å². The predicted molar refractivity (Wildman–Crippen MR) is 147 cm³/mol. The third-order valence-electron chi connectivity index (χ3n) is 7.41. The first-order valence-electron chi connectivity index (χ1n) is 12.4. The van der Waals surface area contributed by atoms with Crippen molar-refractivity contribution in [3.05, 3.63) is 107 Å². The number of nitrogens with zero attached hydrogens (tertiary/aromatic N) is 3. The zero-order valence-electron chi connectivity index (χ0n) is 20.2. The zero-order valence-corrected chi connectivity index (χ0v) is 20.2. The number of allylic oxidation sites excluding steroid dienone is 1. The first-order chi connectivity index (χ1) is 18.2. The number of fused-ring (bicyclic) bond motifs is 6. The lowest BCUT2D eigenvalue weighted by atomic mass is 9.94. The van der Waals surface area contributed by atoms with Gasteiger partial charge in [0.25, 0.3) is 0 Å². The summed E-state index contributed by atoms with van der Waals surface area (Å²) in [6.45, 7) is 2.21. The van der Waals surface area contributed by atoms with E-state index >= 15 is 0 Å². The van der Waals surface area contributed by atoms with Crippen LogP contribution in [0.1, 0.15) is 29.3 Å². The van der Waals surface area contributed by atoms with Crippen LogP contribution in [0.2, 0.25) is 0 Å². The highest BCUT2D eigenvalue weighted by Crippen LogP contribution is 2.41. The highest BCUT2D eigenvalue weighted by Gasteiger charge is 2.25. The Morgan fingerprint density at radius 1 is 0.838 bits per heavy atom. The summed E-state index contributed by atoms with van der Waals surface area (Å²) < 4.78 is 8.31. The molecule has 0 saturated carbocycles. The van der Waals surface area contributed by atoms with Gasteiger partial charge in [-0.05, 0) is 60.4 Å². The zero-order chi connectivity index (χ0) is 25.1. The van der Waals surface area contributed by atoms with Gasteiger partial charge in [-0.1, -0.05) is 55.5 Å². The summed E-state index contributed by atoms with van der Waals surface area (Å²) in [4.78, 5) is 0. The van der Waals surface area contributed by atoms with E-state index in [0.29, 0.717) is 17.0 Å². The highest BCUT2D eigenvalue weighted by molar-refractivity contribution is 6.06. The van der Waals surface area contributed by atoms with Crippen molar-refractivity contribution in [2.75, 3.05) is 0 Å². The minimum atomic E-state index is 0.373. The molecule has 2 aromatic heterocycles. The van der Waals surface area contributed by atoms with E-state index in [4.69, 9.17) is 4.42 Å². The third kappa shape index (κ3) is 3.13. The molecule has 37 heavy (non-hydrogen) atoms. The lowest BCUT2D eigenvalue weighted by Gasteiger charge is -2.20. The topological polar surface area (TPSA) is 65.7 Å². The average molecular weight is 476 g/mol. The Balaban J connectivity index is 1.57. The smallest absolute Gasteiger partial charge is 0.135 e. The van der Waals surface area contributed by atoms with Crippen LogP contribution in [0.5, 0.6) is 0 Å². The largest absolute Gasteiger partial charge is 0.456 e. The van der Waals surface area contributed by atoms with Gasteiger partial charge in [-0.2, -0.15) is 10.5 Å². The van der Waals surface area contributed by atoms with Crippen molar-refractivity contribution in [2.24, 2.45) is 5.92 Å². The molecule has 1 unspecified atom stereocenters. The van der Waals surface area contributed by atoms with E-state index < -0.39 is 0 Å². The molecule has 2 heterocycles. The minimum absolute atomic E-state index is 0.373. The van der Waals surface area contributed by atoms with Gasteiger partial charge < -0.3 is 8.98 Å². The van der Waals surface area contributed by atoms with E-state index in [-0.39, 0.29) is 0 Å². The molecule has 1 aliphatic carbocycles. The standard InChI is InChI=1S/C33H21N3O/c1-20-9-12-25-27-16-21(18-34)10-13-29(27)36(30(25)15-20)33-23(19-35)5-4-7-24(33)22-11-14-32-28(17-22)26-6-2-3-8-31(26)37-32/h2-14,16-17,20H,15H2,1H3. The van der Waals surface area contributed by atoms with Crippen molar-refractivity contribution in [1.29, 1.82) is 10.5 Å².